The molecule has 2 aromatic carbocycles. The Hall–Kier alpha value is -3.42. The Morgan fingerprint density at radius 3 is 2.39 bits per heavy atom. The number of alkyl halides is 3. The van der Waals surface area contributed by atoms with Gasteiger partial charge in [0.25, 0.3) is 0 Å². The molecule has 31 heavy (non-hydrogen) atoms. The Morgan fingerprint density at radius 1 is 1.06 bits per heavy atom. The Labute approximate surface area is 176 Å². The molecule has 4 rings (SSSR count). The molecule has 1 aromatic heterocycles. The van der Waals surface area contributed by atoms with Crippen LogP contribution in [-0.4, -0.2) is 22.0 Å². The zero-order chi connectivity index (χ0) is 22.2. The molecule has 0 unspecified atom stereocenters. The summed E-state index contributed by atoms with van der Waals surface area (Å²) in [6, 6.07) is 12.5. The van der Waals surface area contributed by atoms with Crippen molar-refractivity contribution >= 4 is 11.7 Å². The fourth-order valence-electron chi connectivity index (χ4n) is 3.88. The van der Waals surface area contributed by atoms with Crippen LogP contribution in [0.15, 0.2) is 66.9 Å². The largest absolute Gasteiger partial charge is 0.416 e. The number of rotatable bonds is 2. The van der Waals surface area contributed by atoms with Crippen LogP contribution >= 0.6 is 0 Å². The molecule has 8 heteroatoms. The highest BCUT2D eigenvalue weighted by Gasteiger charge is 2.38. The summed E-state index contributed by atoms with van der Waals surface area (Å²) >= 11 is 0. The molecule has 1 aliphatic rings. The molecule has 4 nitrogen and oxygen atoms in total. The maximum Gasteiger partial charge on any atom is 0.416 e. The molecule has 2 amide bonds. The fraction of sp³-hybridized carbons (Fsp3) is 0.217. The molecule has 0 aliphatic carbocycles. The Morgan fingerprint density at radius 2 is 1.74 bits per heavy atom. The summed E-state index contributed by atoms with van der Waals surface area (Å²) < 4.78 is 52.3. The van der Waals surface area contributed by atoms with E-state index in [0.29, 0.717) is 23.4 Å². The van der Waals surface area contributed by atoms with E-state index >= 15 is 0 Å². The van der Waals surface area contributed by atoms with Gasteiger partial charge in [0.1, 0.15) is 11.9 Å². The Balaban J connectivity index is 1.73. The average Bonchev–Trinajstić information content (AvgIpc) is 2.74. The van der Waals surface area contributed by atoms with Gasteiger partial charge in [-0.15, -0.1) is 0 Å². The van der Waals surface area contributed by atoms with Crippen molar-refractivity contribution in [3.63, 3.8) is 0 Å². The second-order valence-corrected chi connectivity index (χ2v) is 7.47. The van der Waals surface area contributed by atoms with Gasteiger partial charge < -0.3 is 10.2 Å². The number of amides is 2. The van der Waals surface area contributed by atoms with Crippen molar-refractivity contribution in [3.8, 4) is 0 Å². The summed E-state index contributed by atoms with van der Waals surface area (Å²) in [7, 11) is 0. The predicted molar refractivity (Wildman–Crippen MR) is 108 cm³/mol. The van der Waals surface area contributed by atoms with Crippen molar-refractivity contribution in [1.29, 1.82) is 0 Å². The van der Waals surface area contributed by atoms with Gasteiger partial charge in [0.15, 0.2) is 0 Å². The van der Waals surface area contributed by atoms with Crippen molar-refractivity contribution in [3.05, 3.63) is 95.1 Å². The number of nitrogens with zero attached hydrogens (tertiary/aromatic N) is 2. The molecule has 0 radical (unpaired) electrons. The summed E-state index contributed by atoms with van der Waals surface area (Å²) in [5.41, 5.74) is 1.73. The van der Waals surface area contributed by atoms with Crippen LogP contribution in [0.4, 0.5) is 28.0 Å². The van der Waals surface area contributed by atoms with Crippen LogP contribution < -0.4 is 5.32 Å². The van der Waals surface area contributed by atoms with Gasteiger partial charge in [-0.3, -0.25) is 4.98 Å². The lowest BCUT2D eigenvalue weighted by Crippen LogP contribution is -2.48. The van der Waals surface area contributed by atoms with Crippen LogP contribution in [0.25, 0.3) is 0 Å². The first kappa shape index (κ1) is 20.8. The van der Waals surface area contributed by atoms with Crippen molar-refractivity contribution < 1.29 is 22.4 Å². The van der Waals surface area contributed by atoms with Crippen LogP contribution in [0.1, 0.15) is 35.3 Å². The van der Waals surface area contributed by atoms with E-state index in [9.17, 15) is 22.4 Å². The lowest BCUT2D eigenvalue weighted by atomic mass is 9.88. The van der Waals surface area contributed by atoms with Gasteiger partial charge in [-0.25, -0.2) is 9.18 Å². The van der Waals surface area contributed by atoms with E-state index in [2.05, 4.69) is 10.3 Å². The lowest BCUT2D eigenvalue weighted by Gasteiger charge is -2.41. The molecule has 2 heterocycles. The number of halogens is 4. The van der Waals surface area contributed by atoms with Crippen molar-refractivity contribution in [2.24, 2.45) is 0 Å². The molecule has 0 fully saturated rings. The third-order valence-corrected chi connectivity index (χ3v) is 5.34. The molecule has 0 bridgehead atoms. The van der Waals surface area contributed by atoms with Gasteiger partial charge in [-0.2, -0.15) is 13.2 Å². The summed E-state index contributed by atoms with van der Waals surface area (Å²) in [6.45, 7) is 1.87. The number of carbonyl (C=O) groups is 1. The molecule has 2 atom stereocenters. The van der Waals surface area contributed by atoms with Crippen LogP contribution in [-0.2, 0) is 12.6 Å². The van der Waals surface area contributed by atoms with E-state index in [1.807, 2.05) is 13.0 Å². The van der Waals surface area contributed by atoms with Gasteiger partial charge in [0, 0.05) is 17.9 Å². The van der Waals surface area contributed by atoms with Gasteiger partial charge in [-0.1, -0.05) is 18.2 Å². The number of fused-ring (bicyclic) bond motifs is 1. The number of nitrogens with one attached hydrogen (secondary N) is 1. The lowest BCUT2D eigenvalue weighted by molar-refractivity contribution is -0.137. The minimum absolute atomic E-state index is 0.246. The minimum atomic E-state index is -4.45. The third kappa shape index (κ3) is 4.23. The van der Waals surface area contributed by atoms with Crippen LogP contribution in [0.3, 0.4) is 0 Å². The number of carbonyl (C=O) groups excluding carboxylic acids is 1. The average molecular weight is 429 g/mol. The highest BCUT2D eigenvalue weighted by Crippen LogP contribution is 2.38. The maximum atomic E-state index is 13.2. The zero-order valence-corrected chi connectivity index (χ0v) is 16.5. The molecule has 160 valence electrons. The normalized spacial score (nSPS) is 18.4. The highest BCUT2D eigenvalue weighted by atomic mass is 19.4. The first-order valence-electron chi connectivity index (χ1n) is 9.70. The topological polar surface area (TPSA) is 45.2 Å². The molecule has 0 saturated carbocycles. The second-order valence-electron chi connectivity index (χ2n) is 7.47. The summed E-state index contributed by atoms with van der Waals surface area (Å²) in [5, 5.41) is 2.75. The van der Waals surface area contributed by atoms with E-state index in [4.69, 9.17) is 0 Å². The highest BCUT2D eigenvalue weighted by molar-refractivity contribution is 5.90. The fourth-order valence-corrected chi connectivity index (χ4v) is 3.88. The molecular formula is C23H19F4N3O. The zero-order valence-electron chi connectivity index (χ0n) is 16.5. The number of pyridine rings is 1. The van der Waals surface area contributed by atoms with Crippen molar-refractivity contribution in [2.75, 3.05) is 5.32 Å². The summed E-state index contributed by atoms with van der Waals surface area (Å²) in [5.74, 6) is -0.426. The number of urea groups is 1. The van der Waals surface area contributed by atoms with Crippen LogP contribution in [0.5, 0.6) is 0 Å². The second kappa shape index (κ2) is 8.02. The molecule has 3 aromatic rings. The number of benzene rings is 2. The Kier molecular flexibility index (Phi) is 5.39. The van der Waals surface area contributed by atoms with Crippen molar-refractivity contribution in [2.45, 2.75) is 31.6 Å². The van der Waals surface area contributed by atoms with E-state index in [-0.39, 0.29) is 6.04 Å². The molecular weight excluding hydrogens is 410 g/mol. The summed E-state index contributed by atoms with van der Waals surface area (Å²) in [6.07, 6.45) is -2.30. The maximum absolute atomic E-state index is 13.2. The van der Waals surface area contributed by atoms with E-state index in [1.54, 1.807) is 17.2 Å². The standard InChI is InChI=1S/C23H19F4N3O/c1-14-13-16-3-2-12-28-20(16)21(15-4-6-17(7-5-15)23(25,26)27)30(14)22(31)29-19-10-8-18(24)9-11-19/h2-12,14,21H,13H2,1H3,(H,29,31)/t14-,21+/m1/s1. The quantitative estimate of drug-likeness (QED) is 0.523. The summed E-state index contributed by atoms with van der Waals surface area (Å²) in [4.78, 5) is 19.2. The smallest absolute Gasteiger partial charge is 0.309 e. The molecule has 1 N–H and O–H groups in total. The monoisotopic (exact) mass is 429 g/mol. The predicted octanol–water partition coefficient (Wildman–Crippen LogP) is 5.81. The number of hydrogen-bond donors (Lipinski definition) is 1. The Bertz CT molecular complexity index is 1080. The van der Waals surface area contributed by atoms with E-state index in [0.717, 1.165) is 17.7 Å². The molecule has 0 spiro atoms. The number of anilines is 1. The van der Waals surface area contributed by atoms with Gasteiger partial charge in [-0.05, 0) is 66.9 Å². The van der Waals surface area contributed by atoms with Gasteiger partial charge in [0.05, 0.1) is 11.3 Å². The SMILES string of the molecule is C[C@@H]1Cc2cccnc2[C@H](c2ccc(C(F)(F)F)cc2)N1C(=O)Nc1ccc(F)cc1. The van der Waals surface area contributed by atoms with Gasteiger partial charge >= 0.3 is 12.2 Å². The first-order chi connectivity index (χ1) is 14.7. The number of aromatic nitrogens is 1. The van der Waals surface area contributed by atoms with Crippen LogP contribution in [0.2, 0.25) is 0 Å². The minimum Gasteiger partial charge on any atom is -0.309 e. The van der Waals surface area contributed by atoms with E-state index in [1.165, 1.54) is 36.4 Å². The first-order valence-corrected chi connectivity index (χ1v) is 9.70. The van der Waals surface area contributed by atoms with Gasteiger partial charge in [0.2, 0.25) is 0 Å². The molecule has 0 saturated heterocycles. The molecule has 1 aliphatic heterocycles. The van der Waals surface area contributed by atoms with E-state index < -0.39 is 29.6 Å². The third-order valence-electron chi connectivity index (χ3n) is 5.34. The number of hydrogen-bond acceptors (Lipinski definition) is 2. The van der Waals surface area contributed by atoms with Crippen molar-refractivity contribution in [1.82, 2.24) is 9.88 Å². The van der Waals surface area contributed by atoms with Crippen LogP contribution in [0, 0.1) is 5.82 Å².